The van der Waals surface area contributed by atoms with Crippen LogP contribution >= 0.6 is 11.8 Å². The molecule has 0 aliphatic carbocycles. The van der Waals surface area contributed by atoms with Crippen molar-refractivity contribution in [2.24, 2.45) is 0 Å². The molecule has 4 nitrogen and oxygen atoms in total. The minimum absolute atomic E-state index is 0.00773. The maximum atomic E-state index is 12.1. The molecule has 0 saturated carbocycles. The van der Waals surface area contributed by atoms with Gasteiger partial charge < -0.3 is 10.3 Å². The summed E-state index contributed by atoms with van der Waals surface area (Å²) in [6.07, 6.45) is 3.43. The zero-order valence-electron chi connectivity index (χ0n) is 11.0. The average molecular weight is 275 g/mol. The Morgan fingerprint density at radius 3 is 2.68 bits per heavy atom. The van der Waals surface area contributed by atoms with Crippen molar-refractivity contribution in [2.45, 2.75) is 30.3 Å². The fourth-order valence-electron chi connectivity index (χ4n) is 1.69. The van der Waals surface area contributed by atoms with Crippen LogP contribution in [-0.2, 0) is 4.79 Å². The maximum absolute atomic E-state index is 12.1. The van der Waals surface area contributed by atoms with Gasteiger partial charge in [0.05, 0.1) is 11.3 Å². The number of aromatic amines is 1. The SMILES string of the molecule is C[C@H](Sc1ncc[nH]1)C(=O)N[C@@H](C)c1ccccc1. The van der Waals surface area contributed by atoms with Gasteiger partial charge in [-0.3, -0.25) is 4.79 Å². The minimum Gasteiger partial charge on any atom is -0.349 e. The molecule has 0 bridgehead atoms. The Hall–Kier alpha value is -1.75. The second-order valence-corrected chi connectivity index (χ2v) is 5.62. The number of hydrogen-bond donors (Lipinski definition) is 2. The summed E-state index contributed by atoms with van der Waals surface area (Å²) in [7, 11) is 0. The smallest absolute Gasteiger partial charge is 0.233 e. The van der Waals surface area contributed by atoms with Crippen molar-refractivity contribution in [3.8, 4) is 0 Å². The Bertz CT molecular complexity index is 513. The van der Waals surface area contributed by atoms with Crippen LogP contribution in [0.3, 0.4) is 0 Å². The van der Waals surface area contributed by atoms with Crippen molar-refractivity contribution in [2.75, 3.05) is 0 Å². The number of thioether (sulfide) groups is 1. The molecule has 0 aliphatic heterocycles. The lowest BCUT2D eigenvalue weighted by Gasteiger charge is -2.17. The van der Waals surface area contributed by atoms with Crippen molar-refractivity contribution in [3.63, 3.8) is 0 Å². The van der Waals surface area contributed by atoms with Gasteiger partial charge in [-0.15, -0.1) is 0 Å². The van der Waals surface area contributed by atoms with Crippen LogP contribution in [0.4, 0.5) is 0 Å². The summed E-state index contributed by atoms with van der Waals surface area (Å²) in [4.78, 5) is 19.2. The molecule has 0 radical (unpaired) electrons. The lowest BCUT2D eigenvalue weighted by molar-refractivity contribution is -0.120. The Labute approximate surface area is 117 Å². The van der Waals surface area contributed by atoms with Gasteiger partial charge in [-0.25, -0.2) is 4.98 Å². The number of rotatable bonds is 5. The third-order valence-corrected chi connectivity index (χ3v) is 3.80. The minimum atomic E-state index is -0.183. The predicted molar refractivity (Wildman–Crippen MR) is 76.9 cm³/mol. The number of nitrogens with zero attached hydrogens (tertiary/aromatic N) is 1. The predicted octanol–water partition coefficient (Wildman–Crippen LogP) is 2.77. The van der Waals surface area contributed by atoms with Crippen molar-refractivity contribution >= 4 is 17.7 Å². The largest absolute Gasteiger partial charge is 0.349 e. The van der Waals surface area contributed by atoms with E-state index in [0.29, 0.717) is 0 Å². The normalized spacial score (nSPS) is 13.8. The molecule has 5 heteroatoms. The Kier molecular flexibility index (Phi) is 4.63. The first-order valence-electron chi connectivity index (χ1n) is 6.18. The van der Waals surface area contributed by atoms with Crippen LogP contribution < -0.4 is 5.32 Å². The topological polar surface area (TPSA) is 57.8 Å². The van der Waals surface area contributed by atoms with E-state index in [-0.39, 0.29) is 17.2 Å². The highest BCUT2D eigenvalue weighted by Gasteiger charge is 2.17. The summed E-state index contributed by atoms with van der Waals surface area (Å²) in [6, 6.07) is 9.93. The number of carbonyl (C=O) groups excluding carboxylic acids is 1. The van der Waals surface area contributed by atoms with E-state index in [9.17, 15) is 4.79 Å². The monoisotopic (exact) mass is 275 g/mol. The summed E-state index contributed by atoms with van der Waals surface area (Å²) in [5.41, 5.74) is 1.10. The number of nitrogens with one attached hydrogen (secondary N) is 2. The third kappa shape index (κ3) is 3.86. The Morgan fingerprint density at radius 1 is 1.32 bits per heavy atom. The molecule has 1 aromatic carbocycles. The molecule has 2 atom stereocenters. The highest BCUT2D eigenvalue weighted by Crippen LogP contribution is 2.20. The quantitative estimate of drug-likeness (QED) is 0.825. The summed E-state index contributed by atoms with van der Waals surface area (Å²) >= 11 is 1.42. The van der Waals surface area contributed by atoms with E-state index in [1.54, 1.807) is 12.4 Å². The molecular weight excluding hydrogens is 258 g/mol. The van der Waals surface area contributed by atoms with Crippen LogP contribution in [0.25, 0.3) is 0 Å². The van der Waals surface area contributed by atoms with Gasteiger partial charge in [0.15, 0.2) is 5.16 Å². The summed E-state index contributed by atoms with van der Waals surface area (Å²) in [6.45, 7) is 3.86. The number of amides is 1. The van der Waals surface area contributed by atoms with Crippen LogP contribution in [0.1, 0.15) is 25.5 Å². The Balaban J connectivity index is 1.90. The van der Waals surface area contributed by atoms with Gasteiger partial charge in [-0.1, -0.05) is 42.1 Å². The molecule has 2 N–H and O–H groups in total. The number of aromatic nitrogens is 2. The lowest BCUT2D eigenvalue weighted by atomic mass is 10.1. The van der Waals surface area contributed by atoms with E-state index in [1.165, 1.54) is 11.8 Å². The van der Waals surface area contributed by atoms with Gasteiger partial charge in [0, 0.05) is 12.4 Å². The lowest BCUT2D eigenvalue weighted by Crippen LogP contribution is -2.33. The molecule has 1 aromatic heterocycles. The molecule has 1 heterocycles. The van der Waals surface area contributed by atoms with Crippen LogP contribution in [0, 0.1) is 0 Å². The highest BCUT2D eigenvalue weighted by molar-refractivity contribution is 8.00. The van der Waals surface area contributed by atoms with Gasteiger partial charge in [0.2, 0.25) is 5.91 Å². The van der Waals surface area contributed by atoms with E-state index in [1.807, 2.05) is 44.2 Å². The molecule has 100 valence electrons. The van der Waals surface area contributed by atoms with Crippen LogP contribution in [-0.4, -0.2) is 21.1 Å². The third-order valence-electron chi connectivity index (χ3n) is 2.79. The zero-order valence-corrected chi connectivity index (χ0v) is 11.8. The number of carbonyl (C=O) groups is 1. The second kappa shape index (κ2) is 6.43. The highest BCUT2D eigenvalue weighted by atomic mass is 32.2. The zero-order chi connectivity index (χ0) is 13.7. The second-order valence-electron chi connectivity index (χ2n) is 4.30. The van der Waals surface area contributed by atoms with Gasteiger partial charge in [-0.05, 0) is 19.4 Å². The van der Waals surface area contributed by atoms with Gasteiger partial charge in [-0.2, -0.15) is 0 Å². The molecule has 0 fully saturated rings. The fourth-order valence-corrected chi connectivity index (χ4v) is 2.46. The summed E-state index contributed by atoms with van der Waals surface area (Å²) in [5.74, 6) is 0.0118. The van der Waals surface area contributed by atoms with Crippen molar-refractivity contribution < 1.29 is 4.79 Å². The molecule has 2 aromatic rings. The van der Waals surface area contributed by atoms with Gasteiger partial charge in [0.25, 0.3) is 0 Å². The maximum Gasteiger partial charge on any atom is 0.233 e. The van der Waals surface area contributed by atoms with Crippen LogP contribution in [0.15, 0.2) is 47.9 Å². The molecular formula is C14H17N3OS. The number of imidazole rings is 1. The van der Waals surface area contributed by atoms with E-state index in [0.717, 1.165) is 10.7 Å². The number of hydrogen-bond acceptors (Lipinski definition) is 3. The first kappa shape index (κ1) is 13.7. The van der Waals surface area contributed by atoms with E-state index < -0.39 is 0 Å². The Morgan fingerprint density at radius 2 is 2.05 bits per heavy atom. The molecule has 0 aliphatic rings. The van der Waals surface area contributed by atoms with Gasteiger partial charge >= 0.3 is 0 Å². The standard InChI is InChI=1S/C14H17N3OS/c1-10(12-6-4-3-5-7-12)17-13(18)11(2)19-14-15-8-9-16-14/h3-11H,1-2H3,(H,15,16)(H,17,18)/t10-,11-/m0/s1. The van der Waals surface area contributed by atoms with Crippen LogP contribution in [0.5, 0.6) is 0 Å². The van der Waals surface area contributed by atoms with Gasteiger partial charge in [0.1, 0.15) is 0 Å². The molecule has 0 saturated heterocycles. The molecule has 0 spiro atoms. The van der Waals surface area contributed by atoms with Crippen molar-refractivity contribution in [1.29, 1.82) is 0 Å². The summed E-state index contributed by atoms with van der Waals surface area (Å²) < 4.78 is 0. The van der Waals surface area contributed by atoms with Crippen LogP contribution in [0.2, 0.25) is 0 Å². The molecule has 0 unspecified atom stereocenters. The van der Waals surface area contributed by atoms with E-state index >= 15 is 0 Å². The molecule has 19 heavy (non-hydrogen) atoms. The number of H-pyrrole nitrogens is 1. The van der Waals surface area contributed by atoms with E-state index in [4.69, 9.17) is 0 Å². The first-order valence-corrected chi connectivity index (χ1v) is 7.06. The van der Waals surface area contributed by atoms with E-state index in [2.05, 4.69) is 15.3 Å². The van der Waals surface area contributed by atoms with Crippen molar-refractivity contribution in [1.82, 2.24) is 15.3 Å². The molecule has 1 amide bonds. The first-order chi connectivity index (χ1) is 9.16. The fraction of sp³-hybridized carbons (Fsp3) is 0.286. The average Bonchev–Trinajstić information content (AvgIpc) is 2.92. The molecule has 2 rings (SSSR count). The summed E-state index contributed by atoms with van der Waals surface area (Å²) in [5, 5.41) is 3.58. The number of benzene rings is 1. The van der Waals surface area contributed by atoms with Crippen molar-refractivity contribution in [3.05, 3.63) is 48.3 Å².